The molecule has 0 spiro atoms. The fourth-order valence-corrected chi connectivity index (χ4v) is 4.80. The summed E-state index contributed by atoms with van der Waals surface area (Å²) in [4.78, 5) is 28.9. The minimum atomic E-state index is -0.297. The van der Waals surface area contributed by atoms with Gasteiger partial charge in [-0.3, -0.25) is 14.5 Å². The van der Waals surface area contributed by atoms with Crippen molar-refractivity contribution in [1.29, 1.82) is 0 Å². The van der Waals surface area contributed by atoms with Gasteiger partial charge in [0.2, 0.25) is 11.8 Å². The molecule has 4 nitrogen and oxygen atoms in total. The molecule has 180 valence electrons. The first-order valence-corrected chi connectivity index (χ1v) is 12.8. The summed E-state index contributed by atoms with van der Waals surface area (Å²) in [6, 6.07) is 36.7. The van der Waals surface area contributed by atoms with E-state index in [4.69, 9.17) is 0 Å². The maximum absolute atomic E-state index is 13.8. The summed E-state index contributed by atoms with van der Waals surface area (Å²) < 4.78 is 0. The van der Waals surface area contributed by atoms with E-state index < -0.39 is 0 Å². The zero-order valence-electron chi connectivity index (χ0n) is 20.1. The molecule has 1 N–H and O–H groups in total. The largest absolute Gasteiger partial charge is 0.322 e. The molecule has 2 amide bonds. The number of anilines is 3. The van der Waals surface area contributed by atoms with Gasteiger partial charge in [0.1, 0.15) is 0 Å². The van der Waals surface area contributed by atoms with Crippen molar-refractivity contribution < 1.29 is 9.59 Å². The van der Waals surface area contributed by atoms with E-state index in [1.54, 1.807) is 11.0 Å². The van der Waals surface area contributed by atoms with Crippen LogP contribution in [-0.4, -0.2) is 17.1 Å². The lowest BCUT2D eigenvalue weighted by Gasteiger charge is -2.27. The van der Waals surface area contributed by atoms with Crippen molar-refractivity contribution in [2.45, 2.75) is 23.5 Å². The predicted molar refractivity (Wildman–Crippen MR) is 151 cm³/mol. The Kier molecular flexibility index (Phi) is 8.73. The molecule has 0 heterocycles. The summed E-state index contributed by atoms with van der Waals surface area (Å²) in [5.74, 6) is -0.191. The molecule has 4 aromatic carbocycles. The van der Waals surface area contributed by atoms with Crippen LogP contribution in [0, 0.1) is 0 Å². The van der Waals surface area contributed by atoms with Gasteiger partial charge in [0, 0.05) is 28.0 Å². The molecule has 5 heteroatoms. The van der Waals surface area contributed by atoms with Crippen molar-refractivity contribution in [3.8, 4) is 0 Å². The molecular formula is C31H28N2O2S. The van der Waals surface area contributed by atoms with Crippen molar-refractivity contribution >= 4 is 46.7 Å². The first-order valence-electron chi connectivity index (χ1n) is 11.9. The molecule has 4 rings (SSSR count). The fraction of sp³-hybridized carbons (Fsp3) is 0.0968. The Balaban J connectivity index is 1.49. The van der Waals surface area contributed by atoms with Crippen molar-refractivity contribution in [3.05, 3.63) is 127 Å². The first-order chi connectivity index (χ1) is 17.6. The molecule has 0 saturated carbocycles. The second-order valence-corrected chi connectivity index (χ2v) is 9.40. The molecule has 0 bridgehead atoms. The van der Waals surface area contributed by atoms with Crippen molar-refractivity contribution in [3.63, 3.8) is 0 Å². The van der Waals surface area contributed by atoms with Crippen LogP contribution in [0.25, 0.3) is 6.08 Å². The standard InChI is InChI=1S/C31H28N2O2S/c1-2-29(31(35)33(26-16-8-4-9-17-26)27-18-10-5-11-19-27)36-28-20-12-15-25(23-28)32-30(34)22-21-24-13-6-3-7-14-24/h3-23,29H,2H2,1H3,(H,32,34)/b22-21+. The van der Waals surface area contributed by atoms with E-state index in [0.29, 0.717) is 12.1 Å². The molecule has 0 aromatic heterocycles. The summed E-state index contributed by atoms with van der Waals surface area (Å²) >= 11 is 1.51. The van der Waals surface area contributed by atoms with Crippen molar-refractivity contribution in [2.75, 3.05) is 10.2 Å². The van der Waals surface area contributed by atoms with E-state index >= 15 is 0 Å². The molecular weight excluding hydrogens is 464 g/mol. The van der Waals surface area contributed by atoms with Gasteiger partial charge < -0.3 is 5.32 Å². The molecule has 1 unspecified atom stereocenters. The number of hydrogen-bond donors (Lipinski definition) is 1. The van der Waals surface area contributed by atoms with Crippen LogP contribution in [0.15, 0.2) is 126 Å². The Morgan fingerprint density at radius 2 is 1.39 bits per heavy atom. The van der Waals surface area contributed by atoms with E-state index in [1.165, 1.54) is 17.8 Å². The predicted octanol–water partition coefficient (Wildman–Crippen LogP) is 7.57. The Bertz CT molecular complexity index is 1270. The number of hydrogen-bond acceptors (Lipinski definition) is 3. The SMILES string of the molecule is CCC(Sc1cccc(NC(=O)/C=C/c2ccccc2)c1)C(=O)N(c1ccccc1)c1ccccc1. The number of rotatable bonds is 9. The molecule has 0 fully saturated rings. The number of amides is 2. The van der Waals surface area contributed by atoms with E-state index in [2.05, 4.69) is 5.32 Å². The van der Waals surface area contributed by atoms with Gasteiger partial charge in [-0.25, -0.2) is 0 Å². The average molecular weight is 493 g/mol. The molecule has 0 aliphatic heterocycles. The number of nitrogens with one attached hydrogen (secondary N) is 1. The van der Waals surface area contributed by atoms with Gasteiger partial charge in [0.15, 0.2) is 0 Å². The number of benzene rings is 4. The number of para-hydroxylation sites is 2. The molecule has 0 aliphatic rings. The lowest BCUT2D eigenvalue weighted by molar-refractivity contribution is -0.117. The summed E-state index contributed by atoms with van der Waals surface area (Å²) in [5.41, 5.74) is 3.31. The van der Waals surface area contributed by atoms with Gasteiger partial charge in [-0.2, -0.15) is 0 Å². The van der Waals surface area contributed by atoms with Gasteiger partial charge in [-0.05, 0) is 60.5 Å². The number of nitrogens with zero attached hydrogens (tertiary/aromatic N) is 1. The maximum Gasteiger partial charge on any atom is 0.248 e. The monoisotopic (exact) mass is 492 g/mol. The van der Waals surface area contributed by atoms with Crippen LogP contribution in [-0.2, 0) is 9.59 Å². The summed E-state index contributed by atoms with van der Waals surface area (Å²) in [6.45, 7) is 2.02. The molecule has 1 atom stereocenters. The Morgan fingerprint density at radius 1 is 0.806 bits per heavy atom. The van der Waals surface area contributed by atoms with Gasteiger partial charge in [0.25, 0.3) is 0 Å². The number of carbonyl (C=O) groups is 2. The van der Waals surface area contributed by atoms with Crippen LogP contribution in [0.5, 0.6) is 0 Å². The number of carbonyl (C=O) groups excluding carboxylic acids is 2. The lowest BCUT2D eigenvalue weighted by atomic mass is 10.2. The van der Waals surface area contributed by atoms with Gasteiger partial charge in [0.05, 0.1) is 5.25 Å². The van der Waals surface area contributed by atoms with E-state index in [1.807, 2.05) is 122 Å². The minimum Gasteiger partial charge on any atom is -0.322 e. The molecule has 0 saturated heterocycles. The van der Waals surface area contributed by atoms with Gasteiger partial charge >= 0.3 is 0 Å². The fourth-order valence-electron chi connectivity index (χ4n) is 3.74. The molecule has 0 radical (unpaired) electrons. The highest BCUT2D eigenvalue weighted by Gasteiger charge is 2.26. The van der Waals surface area contributed by atoms with E-state index in [9.17, 15) is 9.59 Å². The van der Waals surface area contributed by atoms with Crippen LogP contribution in [0.2, 0.25) is 0 Å². The highest BCUT2D eigenvalue weighted by molar-refractivity contribution is 8.00. The quantitative estimate of drug-likeness (QED) is 0.194. The smallest absolute Gasteiger partial charge is 0.248 e. The third kappa shape index (κ3) is 6.74. The average Bonchev–Trinajstić information content (AvgIpc) is 2.92. The molecule has 36 heavy (non-hydrogen) atoms. The van der Waals surface area contributed by atoms with Crippen molar-refractivity contribution in [1.82, 2.24) is 0 Å². The third-order valence-corrected chi connectivity index (χ3v) is 6.85. The van der Waals surface area contributed by atoms with Crippen molar-refractivity contribution in [2.24, 2.45) is 0 Å². The summed E-state index contributed by atoms with van der Waals surface area (Å²) in [7, 11) is 0. The number of thioether (sulfide) groups is 1. The van der Waals surface area contributed by atoms with E-state index in [-0.39, 0.29) is 17.1 Å². The molecule has 4 aromatic rings. The van der Waals surface area contributed by atoms with Gasteiger partial charge in [-0.1, -0.05) is 79.7 Å². The first kappa shape index (κ1) is 25.0. The van der Waals surface area contributed by atoms with Gasteiger partial charge in [-0.15, -0.1) is 11.8 Å². The van der Waals surface area contributed by atoms with E-state index in [0.717, 1.165) is 21.8 Å². The Labute approximate surface area is 216 Å². The second-order valence-electron chi connectivity index (χ2n) is 8.12. The zero-order valence-corrected chi connectivity index (χ0v) is 20.9. The topological polar surface area (TPSA) is 49.4 Å². The second kappa shape index (κ2) is 12.6. The molecule has 0 aliphatic carbocycles. The maximum atomic E-state index is 13.8. The summed E-state index contributed by atoms with van der Waals surface area (Å²) in [5, 5.41) is 2.62. The zero-order chi connectivity index (χ0) is 25.2. The normalized spacial score (nSPS) is 11.7. The highest BCUT2D eigenvalue weighted by Crippen LogP contribution is 2.33. The lowest BCUT2D eigenvalue weighted by Crippen LogP contribution is -2.34. The Hall–Kier alpha value is -4.09. The minimum absolute atomic E-state index is 0.0140. The van der Waals surface area contributed by atoms with Crippen LogP contribution in [0.4, 0.5) is 17.1 Å². The van der Waals surface area contributed by atoms with Crippen LogP contribution >= 0.6 is 11.8 Å². The highest BCUT2D eigenvalue weighted by atomic mass is 32.2. The van der Waals surface area contributed by atoms with Crippen LogP contribution < -0.4 is 10.2 Å². The summed E-state index contributed by atoms with van der Waals surface area (Å²) in [6.07, 6.45) is 3.96. The van der Waals surface area contributed by atoms with Crippen LogP contribution in [0.3, 0.4) is 0 Å². The Morgan fingerprint density at radius 3 is 1.97 bits per heavy atom. The van der Waals surface area contributed by atoms with Crippen LogP contribution in [0.1, 0.15) is 18.9 Å². The third-order valence-electron chi connectivity index (χ3n) is 5.50.